The highest BCUT2D eigenvalue weighted by atomic mass is 15.1. The van der Waals surface area contributed by atoms with Crippen LogP contribution in [-0.4, -0.2) is 15.8 Å². The van der Waals surface area contributed by atoms with Crippen molar-refractivity contribution in [2.75, 3.05) is 0 Å². The molecule has 0 aromatic carbocycles. The molecule has 1 aromatic rings. The fourth-order valence-corrected chi connectivity index (χ4v) is 0.933. The lowest BCUT2D eigenvalue weighted by molar-refractivity contribution is 1.11. The molecule has 4 heteroatoms. The van der Waals surface area contributed by atoms with Crippen molar-refractivity contribution in [3.63, 3.8) is 0 Å². The maximum absolute atomic E-state index is 4.19. The second-order valence-electron chi connectivity index (χ2n) is 2.46. The SMILES string of the molecule is CC1=CN=C(c2cncnc2)[N]1. The molecule has 12 heavy (non-hydrogen) atoms. The van der Waals surface area contributed by atoms with E-state index in [9.17, 15) is 0 Å². The molecule has 59 valence electrons. The third-order valence-corrected chi connectivity index (χ3v) is 1.47. The molecule has 0 saturated heterocycles. The van der Waals surface area contributed by atoms with Crippen LogP contribution in [0, 0.1) is 0 Å². The molecule has 1 aromatic heterocycles. The molecule has 1 aliphatic rings. The third kappa shape index (κ3) is 1.18. The molecule has 0 bridgehead atoms. The van der Waals surface area contributed by atoms with Gasteiger partial charge in [0.2, 0.25) is 0 Å². The van der Waals surface area contributed by atoms with E-state index >= 15 is 0 Å². The van der Waals surface area contributed by atoms with Crippen molar-refractivity contribution in [3.05, 3.63) is 36.2 Å². The molecule has 0 atom stereocenters. The van der Waals surface area contributed by atoms with Gasteiger partial charge in [-0.1, -0.05) is 0 Å². The van der Waals surface area contributed by atoms with E-state index in [1.807, 2.05) is 6.92 Å². The lowest BCUT2D eigenvalue weighted by Gasteiger charge is -1.97. The first kappa shape index (κ1) is 6.97. The van der Waals surface area contributed by atoms with Crippen LogP contribution in [-0.2, 0) is 0 Å². The van der Waals surface area contributed by atoms with Crippen molar-refractivity contribution in [2.45, 2.75) is 6.92 Å². The Morgan fingerprint density at radius 1 is 1.17 bits per heavy atom. The van der Waals surface area contributed by atoms with Crippen LogP contribution in [0.1, 0.15) is 12.5 Å². The minimum Gasteiger partial charge on any atom is -0.244 e. The predicted octanol–water partition coefficient (Wildman–Crippen LogP) is 0.702. The topological polar surface area (TPSA) is 52.2 Å². The number of hydrogen-bond donors (Lipinski definition) is 0. The summed E-state index contributed by atoms with van der Waals surface area (Å²) in [5, 5.41) is 4.19. The lowest BCUT2D eigenvalue weighted by atomic mass is 10.3. The molecular weight excluding hydrogens is 152 g/mol. The summed E-state index contributed by atoms with van der Waals surface area (Å²) in [5.74, 6) is 0.688. The maximum atomic E-state index is 4.19. The average Bonchev–Trinajstić information content (AvgIpc) is 2.54. The fourth-order valence-electron chi connectivity index (χ4n) is 0.933. The second-order valence-corrected chi connectivity index (χ2v) is 2.46. The first-order chi connectivity index (χ1) is 5.86. The highest BCUT2D eigenvalue weighted by molar-refractivity contribution is 6.00. The zero-order valence-electron chi connectivity index (χ0n) is 6.60. The Morgan fingerprint density at radius 3 is 2.50 bits per heavy atom. The van der Waals surface area contributed by atoms with E-state index in [1.54, 1.807) is 18.6 Å². The quantitative estimate of drug-likeness (QED) is 0.605. The summed E-state index contributed by atoms with van der Waals surface area (Å²) in [6.45, 7) is 1.90. The van der Waals surface area contributed by atoms with Crippen LogP contribution in [0.3, 0.4) is 0 Å². The van der Waals surface area contributed by atoms with Crippen molar-refractivity contribution in [2.24, 2.45) is 4.99 Å². The zero-order chi connectivity index (χ0) is 8.39. The van der Waals surface area contributed by atoms with E-state index < -0.39 is 0 Å². The van der Waals surface area contributed by atoms with Crippen LogP contribution >= 0.6 is 0 Å². The summed E-state index contributed by atoms with van der Waals surface area (Å²) in [6.07, 6.45) is 6.60. The van der Waals surface area contributed by atoms with Crippen molar-refractivity contribution in [1.29, 1.82) is 0 Å². The molecule has 0 N–H and O–H groups in total. The van der Waals surface area contributed by atoms with Crippen LogP contribution in [0.5, 0.6) is 0 Å². The summed E-state index contributed by atoms with van der Waals surface area (Å²) in [4.78, 5) is 11.9. The van der Waals surface area contributed by atoms with Crippen molar-refractivity contribution in [1.82, 2.24) is 15.3 Å². The number of allylic oxidation sites excluding steroid dienone is 1. The maximum Gasteiger partial charge on any atom is 0.162 e. The highest BCUT2D eigenvalue weighted by Crippen LogP contribution is 2.06. The Bertz CT molecular complexity index is 339. The third-order valence-electron chi connectivity index (χ3n) is 1.47. The van der Waals surface area contributed by atoms with Gasteiger partial charge in [0.15, 0.2) is 5.84 Å². The zero-order valence-corrected chi connectivity index (χ0v) is 6.60. The lowest BCUT2D eigenvalue weighted by Crippen LogP contribution is -2.11. The van der Waals surface area contributed by atoms with Gasteiger partial charge >= 0.3 is 0 Å². The van der Waals surface area contributed by atoms with Gasteiger partial charge < -0.3 is 0 Å². The van der Waals surface area contributed by atoms with Crippen LogP contribution < -0.4 is 5.32 Å². The van der Waals surface area contributed by atoms with Crippen LogP contribution in [0.2, 0.25) is 0 Å². The van der Waals surface area contributed by atoms with Crippen molar-refractivity contribution < 1.29 is 0 Å². The number of aliphatic imine (C=N–C) groups is 1. The Kier molecular flexibility index (Phi) is 1.59. The number of aromatic nitrogens is 2. The minimum atomic E-state index is 0.688. The number of nitrogens with zero attached hydrogens (tertiary/aromatic N) is 4. The summed E-state index contributed by atoms with van der Waals surface area (Å²) >= 11 is 0. The Hall–Kier alpha value is -1.71. The van der Waals surface area contributed by atoms with Gasteiger partial charge in [-0.3, -0.25) is 0 Å². The molecule has 4 nitrogen and oxygen atoms in total. The van der Waals surface area contributed by atoms with Gasteiger partial charge in [-0.05, 0) is 6.92 Å². The average molecular weight is 159 g/mol. The largest absolute Gasteiger partial charge is 0.244 e. The van der Waals surface area contributed by atoms with E-state index in [0.29, 0.717) is 5.84 Å². The Morgan fingerprint density at radius 2 is 1.92 bits per heavy atom. The second kappa shape index (κ2) is 2.73. The summed E-state index contributed by atoms with van der Waals surface area (Å²) < 4.78 is 0. The molecule has 1 aliphatic heterocycles. The molecule has 2 rings (SSSR count). The molecule has 2 heterocycles. The van der Waals surface area contributed by atoms with Gasteiger partial charge in [0.05, 0.1) is 17.5 Å². The molecule has 1 radical (unpaired) electrons. The standard InChI is InChI=1S/C8H7N4/c1-6-2-11-8(12-6)7-3-9-5-10-4-7/h2-5H,1H3. The first-order valence-corrected chi connectivity index (χ1v) is 3.58. The number of rotatable bonds is 1. The Labute approximate surface area is 70.1 Å². The van der Waals surface area contributed by atoms with E-state index in [1.165, 1.54) is 6.33 Å². The molecule has 0 aliphatic carbocycles. The van der Waals surface area contributed by atoms with Crippen LogP contribution in [0.15, 0.2) is 35.6 Å². The first-order valence-electron chi connectivity index (χ1n) is 3.58. The van der Waals surface area contributed by atoms with Gasteiger partial charge in [0.25, 0.3) is 0 Å². The van der Waals surface area contributed by atoms with Gasteiger partial charge in [0, 0.05) is 12.4 Å². The van der Waals surface area contributed by atoms with Gasteiger partial charge in [-0.15, -0.1) is 0 Å². The van der Waals surface area contributed by atoms with E-state index in [2.05, 4.69) is 20.3 Å². The van der Waals surface area contributed by atoms with Crippen LogP contribution in [0.25, 0.3) is 0 Å². The molecule has 0 saturated carbocycles. The van der Waals surface area contributed by atoms with Crippen LogP contribution in [0.4, 0.5) is 0 Å². The summed E-state index contributed by atoms with van der Waals surface area (Å²) in [5.41, 5.74) is 1.76. The summed E-state index contributed by atoms with van der Waals surface area (Å²) in [6, 6.07) is 0. The van der Waals surface area contributed by atoms with Gasteiger partial charge in [0.1, 0.15) is 6.33 Å². The van der Waals surface area contributed by atoms with Gasteiger partial charge in [-0.25, -0.2) is 20.3 Å². The van der Waals surface area contributed by atoms with Crippen molar-refractivity contribution >= 4 is 5.84 Å². The predicted molar refractivity (Wildman–Crippen MR) is 44.5 cm³/mol. The molecule has 0 fully saturated rings. The molecule has 0 spiro atoms. The van der Waals surface area contributed by atoms with E-state index in [4.69, 9.17) is 0 Å². The monoisotopic (exact) mass is 159 g/mol. The molecule has 0 amide bonds. The summed E-state index contributed by atoms with van der Waals surface area (Å²) in [7, 11) is 0. The minimum absolute atomic E-state index is 0.688. The normalized spacial score (nSPS) is 15.1. The fraction of sp³-hybridized carbons (Fsp3) is 0.125. The molecule has 0 unspecified atom stereocenters. The van der Waals surface area contributed by atoms with Gasteiger partial charge in [-0.2, -0.15) is 0 Å². The van der Waals surface area contributed by atoms with E-state index in [-0.39, 0.29) is 0 Å². The smallest absolute Gasteiger partial charge is 0.162 e. The molecular formula is C8H7N4. The van der Waals surface area contributed by atoms with E-state index in [0.717, 1.165) is 11.3 Å². The number of amidine groups is 1. The van der Waals surface area contributed by atoms with Crippen molar-refractivity contribution in [3.8, 4) is 0 Å². The number of hydrogen-bond acceptors (Lipinski definition) is 3. The Balaban J connectivity index is 2.25. The highest BCUT2D eigenvalue weighted by Gasteiger charge is 2.09.